The van der Waals surface area contributed by atoms with Crippen LogP contribution in [0.4, 0.5) is 0 Å². The van der Waals surface area contributed by atoms with Crippen LogP contribution in [0.15, 0.2) is 28.7 Å². The molecule has 2 nitrogen and oxygen atoms in total. The van der Waals surface area contributed by atoms with Crippen molar-refractivity contribution in [1.82, 2.24) is 9.88 Å². The summed E-state index contributed by atoms with van der Waals surface area (Å²) in [5, 5.41) is 4.52. The first-order valence-electron chi connectivity index (χ1n) is 5.58. The predicted octanol–water partition coefficient (Wildman–Crippen LogP) is 3.70. The average Bonchev–Trinajstić information content (AvgIpc) is 2.58. The average molecular weight is 281 g/mol. The Morgan fingerprint density at radius 2 is 2.12 bits per heavy atom. The summed E-state index contributed by atoms with van der Waals surface area (Å²) in [6, 6.07) is 9.11. The van der Waals surface area contributed by atoms with E-state index in [-0.39, 0.29) is 0 Å². The van der Waals surface area contributed by atoms with Crippen LogP contribution in [0.5, 0.6) is 0 Å². The van der Waals surface area contributed by atoms with E-state index >= 15 is 0 Å². The highest BCUT2D eigenvalue weighted by atomic mass is 79.9. The van der Waals surface area contributed by atoms with Gasteiger partial charge in [0.15, 0.2) is 0 Å². The molecule has 0 aliphatic heterocycles. The molecule has 0 radical (unpaired) electrons. The van der Waals surface area contributed by atoms with Gasteiger partial charge in [0.05, 0.1) is 0 Å². The number of fused-ring (bicyclic) bond motifs is 1. The molecular formula is C13H17BrN2. The van der Waals surface area contributed by atoms with E-state index in [1.807, 2.05) is 7.05 Å². The zero-order valence-corrected chi connectivity index (χ0v) is 11.5. The Balaban J connectivity index is 2.70. The highest BCUT2D eigenvalue weighted by Crippen LogP contribution is 2.29. The minimum absolute atomic E-state index is 0.482. The van der Waals surface area contributed by atoms with E-state index < -0.39 is 0 Å². The van der Waals surface area contributed by atoms with Gasteiger partial charge in [-0.05, 0) is 39.1 Å². The molecule has 1 aromatic carbocycles. The summed E-state index contributed by atoms with van der Waals surface area (Å²) >= 11 is 3.61. The summed E-state index contributed by atoms with van der Waals surface area (Å²) in [5.41, 5.74) is 2.63. The van der Waals surface area contributed by atoms with Gasteiger partial charge >= 0.3 is 0 Å². The summed E-state index contributed by atoms with van der Waals surface area (Å²) in [4.78, 5) is 0. The zero-order chi connectivity index (χ0) is 11.7. The topological polar surface area (TPSA) is 17.0 Å². The fourth-order valence-electron chi connectivity index (χ4n) is 2.20. The summed E-state index contributed by atoms with van der Waals surface area (Å²) in [7, 11) is 1.98. The molecular weight excluding hydrogens is 264 g/mol. The van der Waals surface area contributed by atoms with Crippen molar-refractivity contribution in [2.45, 2.75) is 26.4 Å². The van der Waals surface area contributed by atoms with E-state index in [0.717, 1.165) is 6.54 Å². The van der Waals surface area contributed by atoms with Gasteiger partial charge in [-0.2, -0.15) is 0 Å². The number of benzene rings is 1. The highest BCUT2D eigenvalue weighted by molar-refractivity contribution is 9.10. The van der Waals surface area contributed by atoms with Gasteiger partial charge in [-0.25, -0.2) is 0 Å². The molecule has 3 heteroatoms. The standard InChI is InChI=1S/C13H17BrN2/c1-9(2)16-10(8-15-3)7-11-12(14)5-4-6-13(11)16/h4-7,9,15H,8H2,1-3H3. The SMILES string of the molecule is CNCc1cc2c(Br)cccc2n1C(C)C. The maximum absolute atomic E-state index is 3.61. The molecule has 0 aliphatic rings. The number of hydrogen-bond donors (Lipinski definition) is 1. The predicted molar refractivity (Wildman–Crippen MR) is 72.8 cm³/mol. The lowest BCUT2D eigenvalue weighted by Gasteiger charge is -2.14. The largest absolute Gasteiger partial charge is 0.341 e. The van der Waals surface area contributed by atoms with Crippen molar-refractivity contribution < 1.29 is 0 Å². The first-order chi connectivity index (χ1) is 7.65. The van der Waals surface area contributed by atoms with E-state index in [1.165, 1.54) is 21.1 Å². The van der Waals surface area contributed by atoms with Crippen molar-refractivity contribution in [1.29, 1.82) is 0 Å². The lowest BCUT2D eigenvalue weighted by atomic mass is 10.2. The highest BCUT2D eigenvalue weighted by Gasteiger charge is 2.11. The molecule has 1 heterocycles. The Kier molecular flexibility index (Phi) is 3.36. The third kappa shape index (κ3) is 1.89. The third-order valence-corrected chi connectivity index (χ3v) is 3.48. The minimum atomic E-state index is 0.482. The van der Waals surface area contributed by atoms with Crippen molar-refractivity contribution in [2.24, 2.45) is 0 Å². The van der Waals surface area contributed by atoms with Crippen LogP contribution in [-0.4, -0.2) is 11.6 Å². The Labute approximate surface area is 105 Å². The molecule has 0 unspecified atom stereocenters. The van der Waals surface area contributed by atoms with Crippen LogP contribution in [0.25, 0.3) is 10.9 Å². The molecule has 2 aromatic rings. The number of halogens is 1. The Morgan fingerprint density at radius 1 is 1.38 bits per heavy atom. The second-order valence-electron chi connectivity index (χ2n) is 4.30. The number of rotatable bonds is 3. The number of aromatic nitrogens is 1. The number of nitrogens with zero attached hydrogens (tertiary/aromatic N) is 1. The maximum Gasteiger partial charge on any atom is 0.0496 e. The van der Waals surface area contributed by atoms with E-state index in [9.17, 15) is 0 Å². The van der Waals surface area contributed by atoms with E-state index in [0.29, 0.717) is 6.04 Å². The first kappa shape index (κ1) is 11.7. The van der Waals surface area contributed by atoms with Crippen molar-refractivity contribution in [2.75, 3.05) is 7.05 Å². The molecule has 16 heavy (non-hydrogen) atoms. The molecule has 0 bridgehead atoms. The maximum atomic E-state index is 3.61. The van der Waals surface area contributed by atoms with E-state index in [1.54, 1.807) is 0 Å². The van der Waals surface area contributed by atoms with Crippen LogP contribution in [0, 0.1) is 0 Å². The van der Waals surface area contributed by atoms with Gasteiger partial charge in [0.1, 0.15) is 0 Å². The molecule has 86 valence electrons. The molecule has 1 aromatic heterocycles. The smallest absolute Gasteiger partial charge is 0.0496 e. The Hall–Kier alpha value is -0.800. The van der Waals surface area contributed by atoms with Gasteiger partial charge in [0.25, 0.3) is 0 Å². The van der Waals surface area contributed by atoms with Crippen molar-refractivity contribution in [3.63, 3.8) is 0 Å². The van der Waals surface area contributed by atoms with Gasteiger partial charge in [-0.3, -0.25) is 0 Å². The molecule has 0 saturated heterocycles. The van der Waals surface area contributed by atoms with Crippen LogP contribution in [0.2, 0.25) is 0 Å². The first-order valence-corrected chi connectivity index (χ1v) is 6.37. The minimum Gasteiger partial charge on any atom is -0.341 e. The van der Waals surface area contributed by atoms with Crippen LogP contribution >= 0.6 is 15.9 Å². The van der Waals surface area contributed by atoms with Crippen molar-refractivity contribution in [3.05, 3.63) is 34.4 Å². The van der Waals surface area contributed by atoms with E-state index in [4.69, 9.17) is 0 Å². The van der Waals surface area contributed by atoms with Gasteiger partial charge in [0, 0.05) is 33.7 Å². The lowest BCUT2D eigenvalue weighted by molar-refractivity contribution is 0.581. The van der Waals surface area contributed by atoms with Gasteiger partial charge in [-0.15, -0.1) is 0 Å². The summed E-state index contributed by atoms with van der Waals surface area (Å²) in [6.07, 6.45) is 0. The molecule has 0 aliphatic carbocycles. The van der Waals surface area contributed by atoms with Gasteiger partial charge in [0.2, 0.25) is 0 Å². The fraction of sp³-hybridized carbons (Fsp3) is 0.385. The Morgan fingerprint density at radius 3 is 2.75 bits per heavy atom. The molecule has 0 amide bonds. The molecule has 0 atom stereocenters. The normalized spacial score (nSPS) is 11.6. The van der Waals surface area contributed by atoms with E-state index in [2.05, 4.69) is 63.9 Å². The summed E-state index contributed by atoms with van der Waals surface area (Å²) in [5.74, 6) is 0. The fourth-order valence-corrected chi connectivity index (χ4v) is 2.67. The summed E-state index contributed by atoms with van der Waals surface area (Å²) < 4.78 is 3.55. The van der Waals surface area contributed by atoms with Gasteiger partial charge in [-0.1, -0.05) is 22.0 Å². The molecule has 0 fully saturated rings. The molecule has 2 rings (SSSR count). The number of hydrogen-bond acceptors (Lipinski definition) is 1. The van der Waals surface area contributed by atoms with Crippen LogP contribution < -0.4 is 5.32 Å². The van der Waals surface area contributed by atoms with Crippen molar-refractivity contribution >= 4 is 26.8 Å². The number of nitrogens with one attached hydrogen (secondary N) is 1. The summed E-state index contributed by atoms with van der Waals surface area (Å²) in [6.45, 7) is 5.35. The second-order valence-corrected chi connectivity index (χ2v) is 5.16. The van der Waals surface area contributed by atoms with Crippen LogP contribution in [0.3, 0.4) is 0 Å². The van der Waals surface area contributed by atoms with Crippen LogP contribution in [-0.2, 0) is 6.54 Å². The second kappa shape index (κ2) is 4.60. The van der Waals surface area contributed by atoms with Gasteiger partial charge < -0.3 is 9.88 Å². The van der Waals surface area contributed by atoms with Crippen molar-refractivity contribution in [3.8, 4) is 0 Å². The zero-order valence-electron chi connectivity index (χ0n) is 9.92. The van der Waals surface area contributed by atoms with Crippen LogP contribution in [0.1, 0.15) is 25.6 Å². The molecule has 0 saturated carbocycles. The quantitative estimate of drug-likeness (QED) is 0.907. The molecule has 1 N–H and O–H groups in total. The Bertz CT molecular complexity index is 500. The molecule has 0 spiro atoms. The third-order valence-electron chi connectivity index (χ3n) is 2.78. The monoisotopic (exact) mass is 280 g/mol. The lowest BCUT2D eigenvalue weighted by Crippen LogP contribution is -2.12.